The van der Waals surface area contributed by atoms with Crippen LogP contribution in [0.4, 0.5) is 8.78 Å². The van der Waals surface area contributed by atoms with Crippen molar-refractivity contribution in [3.05, 3.63) is 35.4 Å². The van der Waals surface area contributed by atoms with E-state index < -0.39 is 0 Å². The molecule has 0 bridgehead atoms. The number of nitrogens with one attached hydrogen (secondary N) is 1. The van der Waals surface area contributed by atoms with Crippen molar-refractivity contribution in [1.29, 1.82) is 0 Å². The molecule has 1 fully saturated rings. The van der Waals surface area contributed by atoms with Crippen LogP contribution in [0.5, 0.6) is 0 Å². The van der Waals surface area contributed by atoms with Crippen molar-refractivity contribution >= 4 is 0 Å². The number of hydrogen-bond donors (Lipinski definition) is 1. The Hall–Kier alpha value is -1.00. The standard InChI is InChI=1S/C15H22F2N2/c1-10(2)18-12-6-7-19(3)15(9-12)13-8-11(16)4-5-14(13)17/h4-5,8,10,12,15,18H,6-7,9H2,1-3H3. The Morgan fingerprint density at radius 1 is 1.32 bits per heavy atom. The molecule has 2 atom stereocenters. The Morgan fingerprint density at radius 2 is 2.05 bits per heavy atom. The molecule has 1 aliphatic rings. The molecule has 1 heterocycles. The molecule has 2 rings (SSSR count). The van der Waals surface area contributed by atoms with E-state index >= 15 is 0 Å². The monoisotopic (exact) mass is 268 g/mol. The molecule has 1 saturated heterocycles. The summed E-state index contributed by atoms with van der Waals surface area (Å²) in [6.07, 6.45) is 1.86. The Morgan fingerprint density at radius 3 is 2.74 bits per heavy atom. The van der Waals surface area contributed by atoms with Gasteiger partial charge in [-0.3, -0.25) is 4.90 Å². The summed E-state index contributed by atoms with van der Waals surface area (Å²) < 4.78 is 27.2. The van der Waals surface area contributed by atoms with Crippen LogP contribution in [0.3, 0.4) is 0 Å². The summed E-state index contributed by atoms with van der Waals surface area (Å²) >= 11 is 0. The van der Waals surface area contributed by atoms with Crippen LogP contribution < -0.4 is 5.32 Å². The van der Waals surface area contributed by atoms with Gasteiger partial charge in [0.1, 0.15) is 11.6 Å². The molecular formula is C15H22F2N2. The number of benzene rings is 1. The fraction of sp³-hybridized carbons (Fsp3) is 0.600. The van der Waals surface area contributed by atoms with Crippen LogP contribution in [-0.2, 0) is 0 Å². The van der Waals surface area contributed by atoms with Crippen molar-refractivity contribution in [2.45, 2.75) is 44.8 Å². The van der Waals surface area contributed by atoms with E-state index in [1.165, 1.54) is 18.2 Å². The van der Waals surface area contributed by atoms with Crippen molar-refractivity contribution < 1.29 is 8.78 Å². The predicted molar refractivity (Wildman–Crippen MR) is 73.0 cm³/mol. The first-order chi connectivity index (χ1) is 8.97. The largest absolute Gasteiger partial charge is 0.312 e. The number of nitrogens with zero attached hydrogens (tertiary/aromatic N) is 1. The third kappa shape index (κ3) is 3.51. The van der Waals surface area contributed by atoms with E-state index in [0.717, 1.165) is 19.4 Å². The molecule has 1 aromatic rings. The van der Waals surface area contributed by atoms with E-state index in [1.54, 1.807) is 0 Å². The molecule has 1 aromatic carbocycles. The lowest BCUT2D eigenvalue weighted by atomic mass is 9.91. The molecule has 0 aromatic heterocycles. The highest BCUT2D eigenvalue weighted by Gasteiger charge is 2.29. The number of piperidine rings is 1. The molecule has 4 heteroatoms. The Balaban J connectivity index is 2.18. The highest BCUT2D eigenvalue weighted by molar-refractivity contribution is 5.23. The number of likely N-dealkylation sites (tertiary alicyclic amines) is 1. The van der Waals surface area contributed by atoms with Gasteiger partial charge in [0.25, 0.3) is 0 Å². The second-order valence-corrected chi connectivity index (χ2v) is 5.70. The van der Waals surface area contributed by atoms with Crippen LogP contribution in [0.15, 0.2) is 18.2 Å². The summed E-state index contributed by atoms with van der Waals surface area (Å²) in [7, 11) is 1.97. The maximum absolute atomic E-state index is 13.9. The van der Waals surface area contributed by atoms with E-state index in [0.29, 0.717) is 17.6 Å². The molecule has 0 amide bonds. The Labute approximate surface area is 113 Å². The summed E-state index contributed by atoms with van der Waals surface area (Å²) in [6, 6.07) is 4.44. The highest BCUT2D eigenvalue weighted by atomic mass is 19.1. The van der Waals surface area contributed by atoms with Crippen LogP contribution in [0.25, 0.3) is 0 Å². The maximum atomic E-state index is 13.9. The van der Waals surface area contributed by atoms with Crippen LogP contribution >= 0.6 is 0 Å². The minimum atomic E-state index is -0.372. The van der Waals surface area contributed by atoms with E-state index in [-0.39, 0.29) is 17.7 Å². The minimum Gasteiger partial charge on any atom is -0.312 e. The second kappa shape index (κ2) is 5.97. The van der Waals surface area contributed by atoms with E-state index in [2.05, 4.69) is 24.1 Å². The van der Waals surface area contributed by atoms with Crippen molar-refractivity contribution in [2.24, 2.45) is 0 Å². The average Bonchev–Trinajstić information content (AvgIpc) is 2.34. The highest BCUT2D eigenvalue weighted by Crippen LogP contribution is 2.31. The number of halogens is 2. The minimum absolute atomic E-state index is 0.0549. The van der Waals surface area contributed by atoms with E-state index in [9.17, 15) is 8.78 Å². The zero-order chi connectivity index (χ0) is 14.0. The smallest absolute Gasteiger partial charge is 0.128 e. The summed E-state index contributed by atoms with van der Waals surface area (Å²) in [6.45, 7) is 5.11. The van der Waals surface area contributed by atoms with Crippen LogP contribution in [0, 0.1) is 11.6 Å². The molecule has 0 aliphatic carbocycles. The van der Waals surface area contributed by atoms with Crippen molar-refractivity contribution in [3.8, 4) is 0 Å². The van der Waals surface area contributed by atoms with Gasteiger partial charge in [-0.25, -0.2) is 8.78 Å². The van der Waals surface area contributed by atoms with Gasteiger partial charge in [0.15, 0.2) is 0 Å². The van der Waals surface area contributed by atoms with Crippen molar-refractivity contribution in [2.75, 3.05) is 13.6 Å². The third-order valence-corrected chi connectivity index (χ3v) is 3.76. The third-order valence-electron chi connectivity index (χ3n) is 3.76. The van der Waals surface area contributed by atoms with Gasteiger partial charge in [-0.05, 0) is 44.6 Å². The van der Waals surface area contributed by atoms with Crippen molar-refractivity contribution in [1.82, 2.24) is 10.2 Å². The Kier molecular flexibility index (Phi) is 4.53. The first kappa shape index (κ1) is 14.4. The Bertz CT molecular complexity index is 434. The van der Waals surface area contributed by atoms with Crippen LogP contribution in [0.2, 0.25) is 0 Å². The predicted octanol–water partition coefficient (Wildman–Crippen LogP) is 3.10. The van der Waals surface area contributed by atoms with Gasteiger partial charge in [0.05, 0.1) is 0 Å². The van der Waals surface area contributed by atoms with Gasteiger partial charge < -0.3 is 5.32 Å². The van der Waals surface area contributed by atoms with Gasteiger partial charge in [-0.1, -0.05) is 13.8 Å². The van der Waals surface area contributed by atoms with Gasteiger partial charge in [-0.15, -0.1) is 0 Å². The molecule has 0 spiro atoms. The van der Waals surface area contributed by atoms with Crippen molar-refractivity contribution in [3.63, 3.8) is 0 Å². The van der Waals surface area contributed by atoms with Crippen LogP contribution in [0.1, 0.15) is 38.3 Å². The number of rotatable bonds is 3. The van der Waals surface area contributed by atoms with E-state index in [4.69, 9.17) is 0 Å². The molecule has 1 N–H and O–H groups in total. The lowest BCUT2D eigenvalue weighted by molar-refractivity contribution is 0.149. The topological polar surface area (TPSA) is 15.3 Å². The summed E-state index contributed by atoms with van der Waals surface area (Å²) in [5, 5.41) is 3.49. The molecule has 19 heavy (non-hydrogen) atoms. The second-order valence-electron chi connectivity index (χ2n) is 5.70. The summed E-state index contributed by atoms with van der Waals surface area (Å²) in [4.78, 5) is 2.11. The van der Waals surface area contributed by atoms with E-state index in [1.807, 2.05) is 7.05 Å². The zero-order valence-electron chi connectivity index (χ0n) is 11.8. The first-order valence-electron chi connectivity index (χ1n) is 6.88. The van der Waals surface area contributed by atoms with Gasteiger partial charge in [0, 0.05) is 23.7 Å². The number of hydrogen-bond acceptors (Lipinski definition) is 2. The molecule has 0 radical (unpaired) electrons. The zero-order valence-corrected chi connectivity index (χ0v) is 11.8. The lowest BCUT2D eigenvalue weighted by Gasteiger charge is -2.38. The molecule has 1 aliphatic heterocycles. The molecule has 106 valence electrons. The van der Waals surface area contributed by atoms with Crippen LogP contribution in [-0.4, -0.2) is 30.6 Å². The molecule has 0 saturated carbocycles. The normalized spacial score (nSPS) is 24.9. The molecule has 2 unspecified atom stereocenters. The average molecular weight is 268 g/mol. The van der Waals surface area contributed by atoms with Gasteiger partial charge in [-0.2, -0.15) is 0 Å². The first-order valence-corrected chi connectivity index (χ1v) is 6.88. The quantitative estimate of drug-likeness (QED) is 0.906. The fourth-order valence-electron chi connectivity index (χ4n) is 2.84. The summed E-state index contributed by atoms with van der Waals surface area (Å²) in [5.74, 6) is -0.688. The molecular weight excluding hydrogens is 246 g/mol. The summed E-state index contributed by atoms with van der Waals surface area (Å²) in [5.41, 5.74) is 0.470. The molecule has 2 nitrogen and oxygen atoms in total. The maximum Gasteiger partial charge on any atom is 0.128 e. The van der Waals surface area contributed by atoms with Gasteiger partial charge >= 0.3 is 0 Å². The van der Waals surface area contributed by atoms with Gasteiger partial charge in [0.2, 0.25) is 0 Å². The SMILES string of the molecule is CC(C)NC1CCN(C)C(c2cc(F)ccc2F)C1. The lowest BCUT2D eigenvalue weighted by Crippen LogP contribution is -2.45. The fourth-order valence-corrected chi connectivity index (χ4v) is 2.84.